The highest BCUT2D eigenvalue weighted by molar-refractivity contribution is 5.30. The third-order valence-corrected chi connectivity index (χ3v) is 2.99. The average Bonchev–Trinajstić information content (AvgIpc) is 2.48. The Bertz CT molecular complexity index is 357. The first-order valence-corrected chi connectivity index (χ1v) is 7.30. The summed E-state index contributed by atoms with van der Waals surface area (Å²) in [5.74, 6) is 0.892. The van der Waals surface area contributed by atoms with Crippen LogP contribution in [-0.4, -0.2) is 40.1 Å². The molecule has 0 heterocycles. The highest BCUT2D eigenvalue weighted by Crippen LogP contribution is 2.19. The van der Waals surface area contributed by atoms with Crippen molar-refractivity contribution in [3.63, 3.8) is 0 Å². The maximum atomic E-state index is 5.69. The minimum Gasteiger partial charge on any atom is -0.491 e. The Labute approximate surface area is 122 Å². The number of nitrogens with one attached hydrogen (secondary N) is 1. The summed E-state index contributed by atoms with van der Waals surface area (Å²) in [4.78, 5) is 0. The van der Waals surface area contributed by atoms with Crippen molar-refractivity contribution in [2.75, 3.05) is 40.1 Å². The molecular weight excluding hydrogens is 254 g/mol. The van der Waals surface area contributed by atoms with Gasteiger partial charge in [-0.3, -0.25) is 0 Å². The Morgan fingerprint density at radius 3 is 2.70 bits per heavy atom. The van der Waals surface area contributed by atoms with Gasteiger partial charge in [-0.05, 0) is 37.6 Å². The summed E-state index contributed by atoms with van der Waals surface area (Å²) in [5.41, 5.74) is 1.25. The van der Waals surface area contributed by atoms with Crippen LogP contribution in [0.5, 0.6) is 5.75 Å². The van der Waals surface area contributed by atoms with Crippen LogP contribution in [-0.2, 0) is 9.47 Å². The van der Waals surface area contributed by atoms with Crippen LogP contribution in [0.25, 0.3) is 0 Å². The van der Waals surface area contributed by atoms with Crippen molar-refractivity contribution in [3.05, 3.63) is 29.8 Å². The standard InChI is InChI=1S/C16H27NO3/c1-4-8-17-14(2)15-6-5-7-16(13-15)20-12-11-19-10-9-18-3/h5-7,13-14,17H,4,8-12H2,1-3H3. The van der Waals surface area contributed by atoms with E-state index >= 15 is 0 Å². The van der Waals surface area contributed by atoms with Crippen LogP contribution in [0.2, 0.25) is 0 Å². The van der Waals surface area contributed by atoms with Gasteiger partial charge in [-0.1, -0.05) is 19.1 Å². The normalized spacial score (nSPS) is 12.3. The molecule has 1 rings (SSSR count). The molecule has 1 N–H and O–H groups in total. The maximum Gasteiger partial charge on any atom is 0.119 e. The highest BCUT2D eigenvalue weighted by Gasteiger charge is 2.05. The molecule has 0 saturated heterocycles. The average molecular weight is 281 g/mol. The summed E-state index contributed by atoms with van der Waals surface area (Å²) in [6.45, 7) is 7.74. The summed E-state index contributed by atoms with van der Waals surface area (Å²) in [6.07, 6.45) is 1.14. The predicted octanol–water partition coefficient (Wildman–Crippen LogP) is 2.79. The minimum atomic E-state index is 0.344. The van der Waals surface area contributed by atoms with E-state index in [2.05, 4.69) is 31.3 Å². The van der Waals surface area contributed by atoms with E-state index in [1.165, 1.54) is 5.56 Å². The van der Waals surface area contributed by atoms with Crippen molar-refractivity contribution < 1.29 is 14.2 Å². The van der Waals surface area contributed by atoms with E-state index in [9.17, 15) is 0 Å². The van der Waals surface area contributed by atoms with Gasteiger partial charge in [0.1, 0.15) is 12.4 Å². The Balaban J connectivity index is 2.32. The number of ether oxygens (including phenoxy) is 3. The molecule has 1 aromatic rings. The molecule has 0 aromatic heterocycles. The smallest absolute Gasteiger partial charge is 0.119 e. The van der Waals surface area contributed by atoms with Gasteiger partial charge in [0.05, 0.1) is 19.8 Å². The van der Waals surface area contributed by atoms with Crippen molar-refractivity contribution in [1.82, 2.24) is 5.32 Å². The lowest BCUT2D eigenvalue weighted by Gasteiger charge is -2.15. The van der Waals surface area contributed by atoms with Gasteiger partial charge < -0.3 is 19.5 Å². The molecule has 0 saturated carbocycles. The zero-order valence-corrected chi connectivity index (χ0v) is 12.9. The predicted molar refractivity (Wildman–Crippen MR) is 81.3 cm³/mol. The lowest BCUT2D eigenvalue weighted by Crippen LogP contribution is -2.19. The lowest BCUT2D eigenvalue weighted by molar-refractivity contribution is 0.0544. The Kier molecular flexibility index (Phi) is 9.04. The van der Waals surface area contributed by atoms with E-state index in [0.717, 1.165) is 18.7 Å². The zero-order valence-electron chi connectivity index (χ0n) is 12.9. The molecule has 4 heteroatoms. The molecule has 0 aliphatic heterocycles. The van der Waals surface area contributed by atoms with Gasteiger partial charge in [-0.15, -0.1) is 0 Å². The van der Waals surface area contributed by atoms with Crippen LogP contribution in [0.15, 0.2) is 24.3 Å². The molecule has 20 heavy (non-hydrogen) atoms. The number of methoxy groups -OCH3 is 1. The molecular formula is C16H27NO3. The molecule has 0 aliphatic rings. The molecule has 1 unspecified atom stereocenters. The van der Waals surface area contributed by atoms with Crippen LogP contribution in [0.3, 0.4) is 0 Å². The molecule has 114 valence electrons. The van der Waals surface area contributed by atoms with Crippen molar-refractivity contribution in [2.45, 2.75) is 26.3 Å². The van der Waals surface area contributed by atoms with Crippen molar-refractivity contribution in [3.8, 4) is 5.75 Å². The molecule has 0 amide bonds. The Hall–Kier alpha value is -1.10. The van der Waals surface area contributed by atoms with Gasteiger partial charge in [0.15, 0.2) is 0 Å². The van der Waals surface area contributed by atoms with Crippen LogP contribution < -0.4 is 10.1 Å². The third kappa shape index (κ3) is 6.89. The zero-order chi connectivity index (χ0) is 14.6. The monoisotopic (exact) mass is 281 g/mol. The van der Waals surface area contributed by atoms with Gasteiger partial charge in [0.25, 0.3) is 0 Å². The lowest BCUT2D eigenvalue weighted by atomic mass is 10.1. The van der Waals surface area contributed by atoms with Crippen molar-refractivity contribution >= 4 is 0 Å². The first kappa shape index (κ1) is 17.0. The minimum absolute atomic E-state index is 0.344. The molecule has 1 atom stereocenters. The van der Waals surface area contributed by atoms with Gasteiger partial charge in [-0.2, -0.15) is 0 Å². The Morgan fingerprint density at radius 1 is 1.15 bits per heavy atom. The van der Waals surface area contributed by atoms with Crippen LogP contribution >= 0.6 is 0 Å². The molecule has 1 aromatic carbocycles. The van der Waals surface area contributed by atoms with E-state index in [1.807, 2.05) is 12.1 Å². The largest absolute Gasteiger partial charge is 0.491 e. The molecule has 4 nitrogen and oxygen atoms in total. The van der Waals surface area contributed by atoms with E-state index in [0.29, 0.717) is 32.5 Å². The van der Waals surface area contributed by atoms with Crippen molar-refractivity contribution in [2.24, 2.45) is 0 Å². The van der Waals surface area contributed by atoms with Crippen LogP contribution in [0, 0.1) is 0 Å². The summed E-state index contributed by atoms with van der Waals surface area (Å²) in [6, 6.07) is 8.56. The number of benzene rings is 1. The third-order valence-electron chi connectivity index (χ3n) is 2.99. The quantitative estimate of drug-likeness (QED) is 0.633. The van der Waals surface area contributed by atoms with E-state index in [4.69, 9.17) is 14.2 Å². The van der Waals surface area contributed by atoms with Gasteiger partial charge in [0, 0.05) is 13.2 Å². The number of rotatable bonds is 11. The summed E-state index contributed by atoms with van der Waals surface area (Å²) >= 11 is 0. The molecule has 0 bridgehead atoms. The second kappa shape index (κ2) is 10.7. The summed E-state index contributed by atoms with van der Waals surface area (Å²) < 4.78 is 16.0. The van der Waals surface area contributed by atoms with E-state index < -0.39 is 0 Å². The summed E-state index contributed by atoms with van der Waals surface area (Å²) in [7, 11) is 1.67. The highest BCUT2D eigenvalue weighted by atomic mass is 16.5. The van der Waals surface area contributed by atoms with E-state index in [-0.39, 0.29) is 0 Å². The second-order valence-electron chi connectivity index (χ2n) is 4.70. The molecule has 0 aliphatic carbocycles. The fourth-order valence-corrected chi connectivity index (χ4v) is 1.82. The van der Waals surface area contributed by atoms with Gasteiger partial charge in [0.2, 0.25) is 0 Å². The van der Waals surface area contributed by atoms with Gasteiger partial charge >= 0.3 is 0 Å². The number of hydrogen-bond donors (Lipinski definition) is 1. The fourth-order valence-electron chi connectivity index (χ4n) is 1.82. The van der Waals surface area contributed by atoms with Crippen molar-refractivity contribution in [1.29, 1.82) is 0 Å². The van der Waals surface area contributed by atoms with Crippen LogP contribution in [0.4, 0.5) is 0 Å². The maximum absolute atomic E-state index is 5.69. The molecule has 0 radical (unpaired) electrons. The fraction of sp³-hybridized carbons (Fsp3) is 0.625. The Morgan fingerprint density at radius 2 is 1.95 bits per heavy atom. The first-order valence-electron chi connectivity index (χ1n) is 7.30. The van der Waals surface area contributed by atoms with Gasteiger partial charge in [-0.25, -0.2) is 0 Å². The molecule has 0 fully saturated rings. The second-order valence-corrected chi connectivity index (χ2v) is 4.70. The summed E-state index contributed by atoms with van der Waals surface area (Å²) in [5, 5.41) is 3.47. The SMILES string of the molecule is CCCNC(C)c1cccc(OCCOCCOC)c1. The van der Waals surface area contributed by atoms with Crippen LogP contribution in [0.1, 0.15) is 31.9 Å². The topological polar surface area (TPSA) is 39.7 Å². The first-order chi connectivity index (χ1) is 9.77. The number of hydrogen-bond acceptors (Lipinski definition) is 4. The van der Waals surface area contributed by atoms with E-state index in [1.54, 1.807) is 7.11 Å². The molecule has 0 spiro atoms.